The molecule has 27 heavy (non-hydrogen) atoms. The van der Waals surface area contributed by atoms with Gasteiger partial charge in [-0.1, -0.05) is 60.2 Å². The van der Waals surface area contributed by atoms with Gasteiger partial charge < -0.3 is 10.2 Å². The highest BCUT2D eigenvalue weighted by Crippen LogP contribution is 2.28. The second kappa shape index (κ2) is 7.23. The predicted octanol–water partition coefficient (Wildman–Crippen LogP) is 3.82. The number of anilines is 1. The molecule has 1 atom stereocenters. The third-order valence-corrected chi connectivity index (χ3v) is 5.12. The molecule has 1 N–H and O–H groups in total. The van der Waals surface area contributed by atoms with Crippen LogP contribution in [0.15, 0.2) is 66.7 Å². The van der Waals surface area contributed by atoms with Gasteiger partial charge in [0, 0.05) is 18.8 Å². The first-order valence-electron chi connectivity index (χ1n) is 9.25. The number of hydrogen-bond acceptors (Lipinski definition) is 2. The van der Waals surface area contributed by atoms with Crippen LogP contribution in [0, 0.1) is 12.8 Å². The summed E-state index contributed by atoms with van der Waals surface area (Å²) in [7, 11) is 0. The Labute approximate surface area is 158 Å². The second-order valence-corrected chi connectivity index (χ2v) is 7.07. The first-order chi connectivity index (χ1) is 13.1. The van der Waals surface area contributed by atoms with Gasteiger partial charge in [-0.2, -0.15) is 0 Å². The molecule has 0 saturated carbocycles. The summed E-state index contributed by atoms with van der Waals surface area (Å²) >= 11 is 0. The van der Waals surface area contributed by atoms with Crippen molar-refractivity contribution >= 4 is 28.3 Å². The van der Waals surface area contributed by atoms with Crippen LogP contribution in [0.5, 0.6) is 0 Å². The molecule has 4 heteroatoms. The minimum absolute atomic E-state index is 0.118. The summed E-state index contributed by atoms with van der Waals surface area (Å²) in [5, 5.41) is 5.15. The molecule has 1 aliphatic rings. The summed E-state index contributed by atoms with van der Waals surface area (Å²) in [4.78, 5) is 27.1. The molecular formula is C23H22N2O2. The fraction of sp³-hybridized carbons (Fsp3) is 0.217. The first-order valence-corrected chi connectivity index (χ1v) is 9.25. The highest BCUT2D eigenvalue weighted by atomic mass is 16.2. The lowest BCUT2D eigenvalue weighted by Gasteiger charge is -2.17. The summed E-state index contributed by atoms with van der Waals surface area (Å²) in [5.74, 6) is -0.918. The molecule has 0 aliphatic carbocycles. The van der Waals surface area contributed by atoms with Gasteiger partial charge >= 0.3 is 0 Å². The molecule has 1 aliphatic heterocycles. The molecule has 3 aromatic carbocycles. The van der Waals surface area contributed by atoms with Crippen LogP contribution in [0.4, 0.5) is 5.69 Å². The lowest BCUT2D eigenvalue weighted by molar-refractivity contribution is -0.132. The number of carbonyl (C=O) groups is 2. The molecule has 136 valence electrons. The Morgan fingerprint density at radius 3 is 2.67 bits per heavy atom. The number of nitrogens with one attached hydrogen (secondary N) is 1. The minimum atomic E-state index is -0.610. The predicted molar refractivity (Wildman–Crippen MR) is 107 cm³/mol. The Morgan fingerprint density at radius 1 is 1.04 bits per heavy atom. The van der Waals surface area contributed by atoms with Crippen LogP contribution in [-0.2, 0) is 16.1 Å². The number of benzene rings is 3. The summed E-state index contributed by atoms with van der Waals surface area (Å²) in [6, 6.07) is 22.1. The molecule has 2 amide bonds. The van der Waals surface area contributed by atoms with Crippen LogP contribution in [-0.4, -0.2) is 18.4 Å². The molecular weight excluding hydrogens is 336 g/mol. The Kier molecular flexibility index (Phi) is 4.63. The molecule has 4 nitrogen and oxygen atoms in total. The minimum Gasteiger partial charge on any atom is -0.351 e. The van der Waals surface area contributed by atoms with Gasteiger partial charge in [0.15, 0.2) is 0 Å². The summed E-state index contributed by atoms with van der Waals surface area (Å²) in [6.07, 6.45) is 0.547. The van der Waals surface area contributed by atoms with Gasteiger partial charge in [-0.25, -0.2) is 0 Å². The average molecular weight is 358 g/mol. The lowest BCUT2D eigenvalue weighted by Crippen LogP contribution is -2.36. The van der Waals surface area contributed by atoms with E-state index in [-0.39, 0.29) is 11.8 Å². The molecule has 0 unspecified atom stereocenters. The van der Waals surface area contributed by atoms with Crippen molar-refractivity contribution in [3.63, 3.8) is 0 Å². The van der Waals surface area contributed by atoms with E-state index in [1.54, 1.807) is 4.90 Å². The van der Waals surface area contributed by atoms with Crippen molar-refractivity contribution < 1.29 is 9.59 Å². The Morgan fingerprint density at radius 2 is 1.85 bits per heavy atom. The maximum Gasteiger partial charge on any atom is 0.239 e. The third-order valence-electron chi connectivity index (χ3n) is 5.12. The van der Waals surface area contributed by atoms with Crippen LogP contribution in [0.3, 0.4) is 0 Å². The molecule has 1 fully saturated rings. The van der Waals surface area contributed by atoms with E-state index in [2.05, 4.69) is 5.32 Å². The van der Waals surface area contributed by atoms with Crippen LogP contribution < -0.4 is 10.2 Å². The number of aryl methyl sites for hydroxylation is 1. The average Bonchev–Trinajstić information content (AvgIpc) is 3.07. The smallest absolute Gasteiger partial charge is 0.239 e. The van der Waals surface area contributed by atoms with Crippen molar-refractivity contribution in [1.29, 1.82) is 0 Å². The number of amides is 2. The quantitative estimate of drug-likeness (QED) is 0.721. The van der Waals surface area contributed by atoms with Crippen molar-refractivity contribution in [3.05, 3.63) is 77.9 Å². The summed E-state index contributed by atoms with van der Waals surface area (Å²) < 4.78 is 0. The van der Waals surface area contributed by atoms with Crippen LogP contribution in [0.1, 0.15) is 17.5 Å². The van der Waals surface area contributed by atoms with Gasteiger partial charge in [-0.3, -0.25) is 9.59 Å². The van der Waals surface area contributed by atoms with Crippen LogP contribution in [0.25, 0.3) is 10.8 Å². The molecule has 4 rings (SSSR count). The second-order valence-electron chi connectivity index (χ2n) is 7.07. The maximum absolute atomic E-state index is 12.8. The molecule has 1 heterocycles. The topological polar surface area (TPSA) is 49.4 Å². The fourth-order valence-electron chi connectivity index (χ4n) is 3.66. The normalized spacial score (nSPS) is 16.7. The fourth-order valence-corrected chi connectivity index (χ4v) is 3.66. The first kappa shape index (κ1) is 17.3. The van der Waals surface area contributed by atoms with E-state index >= 15 is 0 Å². The molecule has 0 radical (unpaired) electrons. The number of fused-ring (bicyclic) bond motifs is 1. The van der Waals surface area contributed by atoms with Gasteiger partial charge in [0.05, 0.1) is 0 Å². The Hall–Kier alpha value is -3.14. The van der Waals surface area contributed by atoms with Crippen molar-refractivity contribution in [2.45, 2.75) is 19.9 Å². The van der Waals surface area contributed by atoms with E-state index < -0.39 is 5.92 Å². The third kappa shape index (κ3) is 3.56. The van der Waals surface area contributed by atoms with Gasteiger partial charge in [-0.05, 0) is 41.8 Å². The molecule has 3 aromatic rings. The van der Waals surface area contributed by atoms with E-state index in [1.165, 1.54) is 0 Å². The molecule has 0 bridgehead atoms. The monoisotopic (exact) mass is 358 g/mol. The van der Waals surface area contributed by atoms with E-state index in [0.717, 1.165) is 27.6 Å². The van der Waals surface area contributed by atoms with E-state index in [1.807, 2.05) is 73.7 Å². The largest absolute Gasteiger partial charge is 0.351 e. The standard InChI is InChI=1S/C23H22N2O2/c1-16-5-4-6-17(13-16)15-24-22(26)21-11-12-25(23(21)27)20-10-9-18-7-2-3-8-19(18)14-20/h2-10,13-14,21H,11-12,15H2,1H3,(H,24,26)/t21-/m0/s1. The summed E-state index contributed by atoms with van der Waals surface area (Å²) in [6.45, 7) is 3.03. The number of nitrogens with zero attached hydrogens (tertiary/aromatic N) is 1. The SMILES string of the molecule is Cc1cccc(CNC(=O)[C@@H]2CCN(c3ccc4ccccc4c3)C2=O)c1. The van der Waals surface area contributed by atoms with Gasteiger partial charge in [0.1, 0.15) is 5.92 Å². The highest BCUT2D eigenvalue weighted by Gasteiger charge is 2.37. The zero-order valence-electron chi connectivity index (χ0n) is 15.3. The van der Waals surface area contributed by atoms with E-state index in [9.17, 15) is 9.59 Å². The Balaban J connectivity index is 1.45. The van der Waals surface area contributed by atoms with Crippen molar-refractivity contribution in [1.82, 2.24) is 5.32 Å². The van der Waals surface area contributed by atoms with Gasteiger partial charge in [0.25, 0.3) is 0 Å². The van der Waals surface area contributed by atoms with E-state index in [4.69, 9.17) is 0 Å². The van der Waals surface area contributed by atoms with Crippen LogP contribution in [0.2, 0.25) is 0 Å². The molecule has 0 spiro atoms. The molecule has 0 aromatic heterocycles. The summed E-state index contributed by atoms with van der Waals surface area (Å²) in [5.41, 5.74) is 3.05. The van der Waals surface area contributed by atoms with Crippen molar-refractivity contribution in [3.8, 4) is 0 Å². The zero-order chi connectivity index (χ0) is 18.8. The van der Waals surface area contributed by atoms with Gasteiger partial charge in [-0.15, -0.1) is 0 Å². The Bertz CT molecular complexity index is 1010. The zero-order valence-corrected chi connectivity index (χ0v) is 15.3. The van der Waals surface area contributed by atoms with Crippen molar-refractivity contribution in [2.24, 2.45) is 5.92 Å². The van der Waals surface area contributed by atoms with Crippen LogP contribution >= 0.6 is 0 Å². The van der Waals surface area contributed by atoms with Gasteiger partial charge in [0.2, 0.25) is 11.8 Å². The number of hydrogen-bond donors (Lipinski definition) is 1. The number of carbonyl (C=O) groups excluding carboxylic acids is 2. The lowest BCUT2D eigenvalue weighted by atomic mass is 10.1. The highest BCUT2D eigenvalue weighted by molar-refractivity contribution is 6.10. The number of rotatable bonds is 4. The molecule has 1 saturated heterocycles. The maximum atomic E-state index is 12.8. The van der Waals surface area contributed by atoms with E-state index in [0.29, 0.717) is 19.5 Å². The van der Waals surface area contributed by atoms with Crippen molar-refractivity contribution in [2.75, 3.05) is 11.4 Å².